The second kappa shape index (κ2) is 5.56. The molecule has 3 rings (SSSR count). The lowest BCUT2D eigenvalue weighted by atomic mass is 10.2. The highest BCUT2D eigenvalue weighted by Crippen LogP contribution is 2.25. The number of hydrogen-bond acceptors (Lipinski definition) is 3. The van der Waals surface area contributed by atoms with Gasteiger partial charge in [-0.3, -0.25) is 9.78 Å². The number of para-hydroxylation sites is 1. The molecule has 0 unspecified atom stereocenters. The quantitative estimate of drug-likeness (QED) is 0.715. The minimum absolute atomic E-state index is 0.263. The summed E-state index contributed by atoms with van der Waals surface area (Å²) in [6.45, 7) is 0. The van der Waals surface area contributed by atoms with Crippen LogP contribution in [-0.2, 0) is 0 Å². The molecular formula is C14H8Cl3N3O. The number of nitrogens with one attached hydrogen (secondary N) is 2. The highest BCUT2D eigenvalue weighted by molar-refractivity contribution is 6.35. The van der Waals surface area contributed by atoms with Crippen molar-refractivity contribution in [3.8, 4) is 0 Å². The fraction of sp³-hybridized carbons (Fsp3) is 0. The van der Waals surface area contributed by atoms with Crippen LogP contribution >= 0.6 is 34.8 Å². The third-order valence-electron chi connectivity index (χ3n) is 2.81. The number of aromatic amines is 1. The van der Waals surface area contributed by atoms with E-state index in [0.717, 1.165) is 0 Å². The van der Waals surface area contributed by atoms with E-state index in [-0.39, 0.29) is 11.5 Å². The molecule has 0 atom stereocenters. The smallest absolute Gasteiger partial charge is 0.260 e. The summed E-state index contributed by atoms with van der Waals surface area (Å²) in [5.41, 5.74) is 0.763. The maximum atomic E-state index is 12.0. The molecule has 0 amide bonds. The van der Waals surface area contributed by atoms with Crippen molar-refractivity contribution in [2.75, 3.05) is 5.32 Å². The van der Waals surface area contributed by atoms with Crippen LogP contribution in [0.1, 0.15) is 0 Å². The number of aromatic nitrogens is 2. The maximum Gasteiger partial charge on any atom is 0.260 e. The highest BCUT2D eigenvalue weighted by atomic mass is 35.5. The average Bonchev–Trinajstić information content (AvgIpc) is 2.39. The van der Waals surface area contributed by atoms with Gasteiger partial charge in [0.25, 0.3) is 5.56 Å². The normalized spacial score (nSPS) is 10.8. The molecule has 2 N–H and O–H groups in total. The van der Waals surface area contributed by atoms with Gasteiger partial charge in [-0.1, -0.05) is 40.9 Å². The number of hydrogen-bond donors (Lipinski definition) is 2. The first kappa shape index (κ1) is 14.2. The summed E-state index contributed by atoms with van der Waals surface area (Å²) in [6, 6.07) is 9.99. The van der Waals surface area contributed by atoms with Crippen LogP contribution in [0, 0.1) is 0 Å². The first-order valence-corrected chi connectivity index (χ1v) is 7.08. The number of H-pyrrole nitrogens is 1. The molecule has 0 aliphatic rings. The Bertz CT molecular complexity index is 872. The second-order valence-corrected chi connectivity index (χ2v) is 5.61. The first-order valence-electron chi connectivity index (χ1n) is 5.94. The van der Waals surface area contributed by atoms with Crippen LogP contribution in [0.25, 0.3) is 10.9 Å². The molecule has 0 aliphatic heterocycles. The van der Waals surface area contributed by atoms with Crippen molar-refractivity contribution in [3.05, 3.63) is 61.8 Å². The van der Waals surface area contributed by atoms with Gasteiger partial charge in [-0.25, -0.2) is 4.98 Å². The van der Waals surface area contributed by atoms with E-state index in [4.69, 9.17) is 34.8 Å². The van der Waals surface area contributed by atoms with E-state index in [9.17, 15) is 4.79 Å². The molecule has 106 valence electrons. The van der Waals surface area contributed by atoms with Gasteiger partial charge in [0, 0.05) is 15.7 Å². The van der Waals surface area contributed by atoms with E-state index in [1.807, 2.05) is 0 Å². The Balaban J connectivity index is 2.09. The summed E-state index contributed by atoms with van der Waals surface area (Å²) in [5, 5.41) is 4.74. The van der Waals surface area contributed by atoms with Crippen molar-refractivity contribution < 1.29 is 0 Å². The van der Waals surface area contributed by atoms with Crippen LogP contribution in [0.4, 0.5) is 11.6 Å². The monoisotopic (exact) mass is 339 g/mol. The Labute approximate surface area is 134 Å². The number of anilines is 2. The minimum atomic E-state index is -0.280. The van der Waals surface area contributed by atoms with Crippen molar-refractivity contribution in [2.45, 2.75) is 0 Å². The molecule has 2 aromatic carbocycles. The molecule has 3 aromatic rings. The van der Waals surface area contributed by atoms with Crippen LogP contribution in [0.3, 0.4) is 0 Å². The van der Waals surface area contributed by atoms with Gasteiger partial charge in [0.2, 0.25) is 5.95 Å². The summed E-state index contributed by atoms with van der Waals surface area (Å²) >= 11 is 17.9. The van der Waals surface area contributed by atoms with Crippen LogP contribution in [-0.4, -0.2) is 9.97 Å². The summed E-state index contributed by atoms with van der Waals surface area (Å²) in [4.78, 5) is 19.0. The lowest BCUT2D eigenvalue weighted by molar-refractivity contribution is 1.17. The molecule has 21 heavy (non-hydrogen) atoms. The third kappa shape index (κ3) is 2.97. The van der Waals surface area contributed by atoms with Gasteiger partial charge < -0.3 is 5.32 Å². The van der Waals surface area contributed by atoms with Gasteiger partial charge in [0.1, 0.15) is 0 Å². The Morgan fingerprint density at radius 2 is 1.76 bits per heavy atom. The second-order valence-electron chi connectivity index (χ2n) is 4.33. The highest BCUT2D eigenvalue weighted by Gasteiger charge is 2.07. The lowest BCUT2D eigenvalue weighted by Gasteiger charge is -2.08. The number of halogens is 3. The molecule has 1 aromatic heterocycles. The van der Waals surface area contributed by atoms with Crippen LogP contribution in [0.5, 0.6) is 0 Å². The molecule has 0 fully saturated rings. The SMILES string of the molecule is O=c1[nH]c(Nc2cc(Cl)cc(Cl)c2)nc2c(Cl)cccc12. The average molecular weight is 341 g/mol. The fourth-order valence-electron chi connectivity index (χ4n) is 1.95. The Morgan fingerprint density at radius 3 is 2.48 bits per heavy atom. The van der Waals surface area contributed by atoms with Crippen molar-refractivity contribution in [1.82, 2.24) is 9.97 Å². The summed E-state index contributed by atoms with van der Waals surface area (Å²) in [7, 11) is 0. The standard InChI is InChI=1S/C14H8Cl3N3O/c15-7-4-8(16)6-9(5-7)18-14-19-12-10(13(21)20-14)2-1-3-11(12)17/h1-6H,(H2,18,19,20,21). The zero-order chi connectivity index (χ0) is 15.0. The Morgan fingerprint density at radius 1 is 1.05 bits per heavy atom. The van der Waals surface area contributed by atoms with E-state index in [2.05, 4.69) is 15.3 Å². The maximum absolute atomic E-state index is 12.0. The van der Waals surface area contributed by atoms with Crippen molar-refractivity contribution in [3.63, 3.8) is 0 Å². The van der Waals surface area contributed by atoms with E-state index in [1.54, 1.807) is 36.4 Å². The predicted molar refractivity (Wildman–Crippen MR) is 87.1 cm³/mol. The van der Waals surface area contributed by atoms with E-state index >= 15 is 0 Å². The summed E-state index contributed by atoms with van der Waals surface area (Å²) in [5.74, 6) is 0.263. The molecule has 4 nitrogen and oxygen atoms in total. The van der Waals surface area contributed by atoms with Gasteiger partial charge in [-0.2, -0.15) is 0 Å². The molecule has 0 aliphatic carbocycles. The van der Waals surface area contributed by atoms with Crippen molar-refractivity contribution >= 4 is 57.3 Å². The van der Waals surface area contributed by atoms with Gasteiger partial charge in [-0.15, -0.1) is 0 Å². The molecule has 7 heteroatoms. The summed E-state index contributed by atoms with van der Waals surface area (Å²) in [6.07, 6.45) is 0. The zero-order valence-electron chi connectivity index (χ0n) is 10.5. The van der Waals surface area contributed by atoms with Crippen LogP contribution in [0.15, 0.2) is 41.2 Å². The van der Waals surface area contributed by atoms with Gasteiger partial charge >= 0.3 is 0 Å². The Hall–Kier alpha value is -1.75. The molecule has 0 radical (unpaired) electrons. The molecule has 1 heterocycles. The molecular weight excluding hydrogens is 333 g/mol. The van der Waals surface area contributed by atoms with Gasteiger partial charge in [0.15, 0.2) is 0 Å². The lowest BCUT2D eigenvalue weighted by Crippen LogP contribution is -2.11. The van der Waals surface area contributed by atoms with Crippen molar-refractivity contribution in [1.29, 1.82) is 0 Å². The number of nitrogens with zero attached hydrogens (tertiary/aromatic N) is 1. The molecule has 0 saturated heterocycles. The minimum Gasteiger partial charge on any atom is -0.326 e. The predicted octanol–water partition coefficient (Wildman–Crippen LogP) is 4.63. The van der Waals surface area contributed by atoms with Crippen molar-refractivity contribution in [2.24, 2.45) is 0 Å². The van der Waals surface area contributed by atoms with E-state index < -0.39 is 0 Å². The third-order valence-corrected chi connectivity index (χ3v) is 3.55. The van der Waals surface area contributed by atoms with Crippen LogP contribution in [0.2, 0.25) is 15.1 Å². The summed E-state index contributed by atoms with van der Waals surface area (Å²) < 4.78 is 0. The fourth-order valence-corrected chi connectivity index (χ4v) is 2.69. The van der Waals surface area contributed by atoms with Crippen LogP contribution < -0.4 is 10.9 Å². The first-order chi connectivity index (χ1) is 10.0. The topological polar surface area (TPSA) is 57.8 Å². The molecule has 0 saturated carbocycles. The van der Waals surface area contributed by atoms with Gasteiger partial charge in [-0.05, 0) is 30.3 Å². The Kier molecular flexibility index (Phi) is 3.76. The number of benzene rings is 2. The van der Waals surface area contributed by atoms with E-state index in [0.29, 0.717) is 31.7 Å². The zero-order valence-corrected chi connectivity index (χ0v) is 12.7. The van der Waals surface area contributed by atoms with E-state index in [1.165, 1.54) is 0 Å². The largest absolute Gasteiger partial charge is 0.326 e. The molecule has 0 spiro atoms. The van der Waals surface area contributed by atoms with Gasteiger partial charge in [0.05, 0.1) is 15.9 Å². The molecule has 0 bridgehead atoms. The number of fused-ring (bicyclic) bond motifs is 1. The number of rotatable bonds is 2.